The van der Waals surface area contributed by atoms with Gasteiger partial charge in [-0.3, -0.25) is 24.3 Å². The van der Waals surface area contributed by atoms with E-state index in [-0.39, 0.29) is 41.9 Å². The number of para-hydroxylation sites is 2. The standard InChI is InChI=1S/C59H69N5O10S2.O3S/c1-7-46(65)15-12-24-75-76-59(2,3)38-62(18-19-71-22-23-72-21-20-68-4)43-26-39(36-73-55-32-49-47(30-53(55)69-5)57(66)63-44(34-60-49)28-41-13-8-10-16-51(41)63)25-40(27-43)37-74-56-33-50-48(31-54(56)70-6)58(67)64-45(35-61-50)29-42-14-9-11-17-52(42)64;1-4(2)3/h8-11,13-14,16-17,25-27,30-34,44-45,61H,7,12,15,18-24,28-29,35-38H2,1-6H3;/t44-,45-;/m0./s1. The van der Waals surface area contributed by atoms with Gasteiger partial charge in [-0.1, -0.05) is 64.9 Å². The fourth-order valence-electron chi connectivity index (χ4n) is 10.1. The number of ketones is 1. The smallest absolute Gasteiger partial charge is 0.425 e. The van der Waals surface area contributed by atoms with Crippen LogP contribution in [-0.4, -0.2) is 133 Å². The molecule has 2 atom stereocenters. The van der Waals surface area contributed by atoms with Crippen molar-refractivity contribution in [2.75, 3.05) is 99.8 Å². The predicted molar refractivity (Wildman–Crippen MR) is 313 cm³/mol. The summed E-state index contributed by atoms with van der Waals surface area (Å²) >= 11 is 0. The summed E-state index contributed by atoms with van der Waals surface area (Å²) in [6.45, 7) is 10.9. The number of ether oxygens (including phenoxy) is 7. The highest BCUT2D eigenvalue weighted by atomic mass is 33.1. The number of hydrogen-bond donors (Lipinski definition) is 1. The summed E-state index contributed by atoms with van der Waals surface area (Å²) in [7, 11) is 5.31. The van der Waals surface area contributed by atoms with Gasteiger partial charge in [-0.05, 0) is 91.4 Å². The molecule has 426 valence electrons. The SMILES string of the molecule is CCC(=O)CCCSSC(C)(C)CN(CCOCCOCCOC)c1cc(COc2cc3c(cc2OC)C(=O)N2c4ccccc4C[C@H]2C=N3)cc(COc2cc3c(cc2OC)C(=O)N2c4ccccc4C[C@H]2CN3)c1.O=S(=O)=O. The molecule has 0 unspecified atom stereocenters. The van der Waals surface area contributed by atoms with Gasteiger partial charge in [0, 0.05) is 91.9 Å². The van der Waals surface area contributed by atoms with E-state index in [0.717, 1.165) is 57.9 Å². The van der Waals surface area contributed by atoms with Crippen LogP contribution in [0.5, 0.6) is 23.0 Å². The van der Waals surface area contributed by atoms with E-state index in [1.807, 2.05) is 76.2 Å². The van der Waals surface area contributed by atoms with Gasteiger partial charge < -0.3 is 48.3 Å². The minimum Gasteiger partial charge on any atom is -0.493 e. The largest absolute Gasteiger partial charge is 0.493 e. The number of carbonyl (C=O) groups is 3. The van der Waals surface area contributed by atoms with E-state index < -0.39 is 10.6 Å². The van der Waals surface area contributed by atoms with Crippen LogP contribution in [0.25, 0.3) is 0 Å². The number of benzene rings is 5. The van der Waals surface area contributed by atoms with Crippen molar-refractivity contribution in [3.8, 4) is 23.0 Å². The van der Waals surface area contributed by atoms with Crippen molar-refractivity contribution in [1.29, 1.82) is 0 Å². The predicted octanol–water partition coefficient (Wildman–Crippen LogP) is 9.55. The number of rotatable bonds is 27. The van der Waals surface area contributed by atoms with Crippen LogP contribution < -0.4 is 39.0 Å². The second kappa shape index (κ2) is 28.2. The van der Waals surface area contributed by atoms with Crippen LogP contribution in [0.3, 0.4) is 0 Å². The van der Waals surface area contributed by atoms with Gasteiger partial charge in [0.15, 0.2) is 23.0 Å². The Morgan fingerprint density at radius 1 is 0.750 bits per heavy atom. The maximum Gasteiger partial charge on any atom is 0.425 e. The van der Waals surface area contributed by atoms with Crippen molar-refractivity contribution >= 4 is 84.4 Å². The van der Waals surface area contributed by atoms with Crippen molar-refractivity contribution in [3.05, 3.63) is 124 Å². The summed E-state index contributed by atoms with van der Waals surface area (Å²) in [4.78, 5) is 51.4. The molecule has 0 saturated heterocycles. The molecule has 18 nitrogen and oxygen atoms in total. The van der Waals surface area contributed by atoms with E-state index in [2.05, 4.69) is 54.4 Å². The monoisotopic (exact) mass is 1150 g/mol. The molecule has 9 rings (SSSR count). The van der Waals surface area contributed by atoms with Gasteiger partial charge in [-0.25, -0.2) is 0 Å². The number of aliphatic imine (C=N–C) groups is 1. The molecule has 2 amide bonds. The molecule has 0 bridgehead atoms. The Morgan fingerprint density at radius 3 is 2.01 bits per heavy atom. The van der Waals surface area contributed by atoms with Gasteiger partial charge in [-0.15, -0.1) is 12.6 Å². The lowest BCUT2D eigenvalue weighted by Crippen LogP contribution is -2.39. The third-order valence-electron chi connectivity index (χ3n) is 13.9. The zero-order chi connectivity index (χ0) is 56.8. The molecule has 4 heterocycles. The van der Waals surface area contributed by atoms with Crippen molar-refractivity contribution in [3.63, 3.8) is 0 Å². The number of methoxy groups -OCH3 is 3. The molecule has 1 N–H and O–H groups in total. The van der Waals surface area contributed by atoms with Crippen molar-refractivity contribution in [2.45, 2.75) is 82.9 Å². The molecule has 21 heteroatoms. The Bertz CT molecular complexity index is 3150. The summed E-state index contributed by atoms with van der Waals surface area (Å²) in [6, 6.07) is 29.3. The summed E-state index contributed by atoms with van der Waals surface area (Å²) in [6.07, 6.45) is 5.32. The molecular formula is C59H69N5O13S3. The molecule has 0 aromatic heterocycles. The Labute approximate surface area is 477 Å². The van der Waals surface area contributed by atoms with Crippen LogP contribution in [0.2, 0.25) is 0 Å². The van der Waals surface area contributed by atoms with Crippen LogP contribution in [0.15, 0.2) is 96.0 Å². The zero-order valence-electron chi connectivity index (χ0n) is 46.0. The normalized spacial score (nSPS) is 15.6. The maximum atomic E-state index is 14.3. The first-order valence-corrected chi connectivity index (χ1v) is 29.9. The first kappa shape index (κ1) is 59.5. The number of Topliss-reactive ketones (excluding diaryl/α,β-unsaturated/α-hetero) is 1. The third kappa shape index (κ3) is 15.0. The molecule has 5 aromatic rings. The van der Waals surface area contributed by atoms with Crippen LogP contribution in [0.1, 0.15) is 83.0 Å². The third-order valence-corrected chi connectivity index (χ3v) is 17.3. The molecule has 0 radical (unpaired) electrons. The molecule has 4 aliphatic heterocycles. The molecule has 0 fully saturated rings. The lowest BCUT2D eigenvalue weighted by molar-refractivity contribution is -0.118. The quantitative estimate of drug-likeness (QED) is 0.0384. The first-order valence-electron chi connectivity index (χ1n) is 26.6. The number of fused-ring (bicyclic) bond motifs is 8. The van der Waals surface area contributed by atoms with Gasteiger partial charge in [-0.2, -0.15) is 0 Å². The van der Waals surface area contributed by atoms with Crippen molar-refractivity contribution in [2.24, 2.45) is 4.99 Å². The Kier molecular flexibility index (Phi) is 21.0. The number of nitrogens with one attached hydrogen (secondary N) is 1. The Hall–Kier alpha value is -6.62. The van der Waals surface area contributed by atoms with Gasteiger partial charge in [0.25, 0.3) is 11.8 Å². The average Bonchev–Trinajstić information content (AvgIpc) is 4.11. The summed E-state index contributed by atoms with van der Waals surface area (Å²) in [5.74, 6) is 2.75. The lowest BCUT2D eigenvalue weighted by Gasteiger charge is -2.34. The fraction of sp³-hybridized carbons (Fsp3) is 0.424. The van der Waals surface area contributed by atoms with E-state index in [4.69, 9.17) is 50.8 Å². The minimum atomic E-state index is -3.11. The first-order chi connectivity index (χ1) is 38.7. The van der Waals surface area contributed by atoms with E-state index in [0.29, 0.717) is 123 Å². The summed E-state index contributed by atoms with van der Waals surface area (Å²) in [5, 5.41) is 3.55. The van der Waals surface area contributed by atoms with E-state index in [1.165, 1.54) is 0 Å². The highest BCUT2D eigenvalue weighted by Crippen LogP contribution is 2.44. The number of hydrogen-bond acceptors (Lipinski definition) is 18. The fourth-order valence-corrected chi connectivity index (χ4v) is 12.7. The van der Waals surface area contributed by atoms with Crippen molar-refractivity contribution < 1.29 is 60.2 Å². The number of nitrogens with zero attached hydrogens (tertiary/aromatic N) is 4. The summed E-state index contributed by atoms with van der Waals surface area (Å²) in [5.41, 5.74) is 8.94. The number of amides is 2. The van der Waals surface area contributed by atoms with Crippen LogP contribution in [0, 0.1) is 0 Å². The van der Waals surface area contributed by atoms with Crippen LogP contribution >= 0.6 is 21.6 Å². The maximum absolute atomic E-state index is 14.3. The highest BCUT2D eigenvalue weighted by Gasteiger charge is 2.39. The van der Waals surface area contributed by atoms with Crippen LogP contribution in [0.4, 0.5) is 28.4 Å². The van der Waals surface area contributed by atoms with E-state index in [9.17, 15) is 14.4 Å². The molecule has 0 saturated carbocycles. The topological polar surface area (TPSA) is 201 Å². The number of anilines is 4. The van der Waals surface area contributed by atoms with E-state index in [1.54, 1.807) is 50.3 Å². The van der Waals surface area contributed by atoms with Gasteiger partial charge in [0.1, 0.15) is 19.0 Å². The molecule has 0 aliphatic carbocycles. The zero-order valence-corrected chi connectivity index (χ0v) is 48.5. The van der Waals surface area contributed by atoms with Gasteiger partial charge in [0.2, 0.25) is 0 Å². The minimum absolute atomic E-state index is 0.0195. The number of carbonyl (C=O) groups excluding carboxylic acids is 3. The van der Waals surface area contributed by atoms with E-state index >= 15 is 0 Å². The van der Waals surface area contributed by atoms with Gasteiger partial charge in [0.05, 0.1) is 81.8 Å². The molecule has 0 spiro atoms. The molecular weight excluding hydrogens is 1080 g/mol. The Balaban J connectivity index is 0.00000203. The van der Waals surface area contributed by atoms with Crippen molar-refractivity contribution in [1.82, 2.24) is 0 Å². The second-order valence-electron chi connectivity index (χ2n) is 20.1. The second-order valence-corrected chi connectivity index (χ2v) is 23.6. The highest BCUT2D eigenvalue weighted by molar-refractivity contribution is 8.77. The lowest BCUT2D eigenvalue weighted by atomic mass is 10.1. The van der Waals surface area contributed by atoms with Crippen LogP contribution in [-0.2, 0) is 55.7 Å². The molecule has 80 heavy (non-hydrogen) atoms. The molecule has 5 aromatic carbocycles. The molecule has 4 aliphatic rings. The van der Waals surface area contributed by atoms with Gasteiger partial charge >= 0.3 is 10.6 Å². The summed E-state index contributed by atoms with van der Waals surface area (Å²) < 4.78 is 67.3. The average molecular weight is 1150 g/mol. The Morgan fingerprint density at radius 2 is 1.35 bits per heavy atom.